The van der Waals surface area contributed by atoms with Crippen LogP contribution in [0.1, 0.15) is 16.1 Å². The molecule has 104 valence electrons. The number of nitrogens with zero attached hydrogens (tertiary/aromatic N) is 1. The van der Waals surface area contributed by atoms with Crippen LogP contribution >= 0.6 is 0 Å². The molecule has 3 aromatic rings. The van der Waals surface area contributed by atoms with E-state index in [4.69, 9.17) is 0 Å². The molecule has 0 saturated heterocycles. The number of aromatic carboxylic acids is 1. The van der Waals surface area contributed by atoms with E-state index in [1.807, 2.05) is 61.5 Å². The summed E-state index contributed by atoms with van der Waals surface area (Å²) in [7, 11) is 0. The lowest BCUT2D eigenvalue weighted by Crippen LogP contribution is -1.99. The third kappa shape index (κ3) is 2.56. The van der Waals surface area contributed by atoms with Gasteiger partial charge in [-0.15, -0.1) is 0 Å². The van der Waals surface area contributed by atoms with Crippen LogP contribution in [0.2, 0.25) is 0 Å². The molecule has 0 aliphatic carbocycles. The number of carboxylic acids is 1. The molecule has 0 unspecified atom stereocenters. The van der Waals surface area contributed by atoms with E-state index in [0.29, 0.717) is 11.5 Å². The van der Waals surface area contributed by atoms with Gasteiger partial charge in [-0.1, -0.05) is 54.1 Å². The average molecular weight is 278 g/mol. The molecule has 0 amide bonds. The molecule has 1 heterocycles. The topological polar surface area (TPSA) is 66.0 Å². The van der Waals surface area contributed by atoms with Crippen LogP contribution in [0.3, 0.4) is 0 Å². The molecule has 21 heavy (non-hydrogen) atoms. The van der Waals surface area contributed by atoms with Crippen molar-refractivity contribution in [1.29, 1.82) is 0 Å². The number of rotatable bonds is 3. The molecule has 0 radical (unpaired) electrons. The van der Waals surface area contributed by atoms with Gasteiger partial charge >= 0.3 is 5.97 Å². The number of hydrogen-bond acceptors (Lipinski definition) is 2. The van der Waals surface area contributed by atoms with Crippen molar-refractivity contribution in [3.8, 4) is 22.6 Å². The number of benzene rings is 2. The molecule has 4 nitrogen and oxygen atoms in total. The van der Waals surface area contributed by atoms with Gasteiger partial charge in [0.15, 0.2) is 5.69 Å². The Morgan fingerprint density at radius 1 is 1.05 bits per heavy atom. The van der Waals surface area contributed by atoms with Gasteiger partial charge in [0.1, 0.15) is 11.5 Å². The lowest BCUT2D eigenvalue weighted by atomic mass is 10.1. The van der Waals surface area contributed by atoms with Crippen molar-refractivity contribution in [2.24, 2.45) is 0 Å². The van der Waals surface area contributed by atoms with E-state index in [-0.39, 0.29) is 5.69 Å². The molecule has 0 atom stereocenters. The van der Waals surface area contributed by atoms with Crippen molar-refractivity contribution in [3.05, 3.63) is 65.9 Å². The molecular weight excluding hydrogens is 264 g/mol. The van der Waals surface area contributed by atoms with Crippen LogP contribution in [-0.4, -0.2) is 21.0 Å². The summed E-state index contributed by atoms with van der Waals surface area (Å²) in [6.07, 6.45) is 0. The Labute approximate surface area is 122 Å². The number of aromatic amines is 1. The largest absolute Gasteiger partial charge is 0.477 e. The fraction of sp³-hybridized carbons (Fsp3) is 0.0588. The maximum absolute atomic E-state index is 11.4. The Balaban J connectivity index is 2.15. The van der Waals surface area contributed by atoms with Gasteiger partial charge in [-0.2, -0.15) is 0 Å². The lowest BCUT2D eigenvalue weighted by Gasteiger charge is -1.98. The van der Waals surface area contributed by atoms with Gasteiger partial charge in [-0.25, -0.2) is 9.78 Å². The molecule has 4 heteroatoms. The van der Waals surface area contributed by atoms with Gasteiger partial charge in [-0.05, 0) is 13.0 Å². The number of imidazole rings is 1. The molecule has 0 bridgehead atoms. The van der Waals surface area contributed by atoms with Gasteiger partial charge in [0, 0.05) is 11.1 Å². The minimum absolute atomic E-state index is 0.109. The fourth-order valence-electron chi connectivity index (χ4n) is 2.26. The van der Waals surface area contributed by atoms with Crippen LogP contribution in [0.15, 0.2) is 54.6 Å². The van der Waals surface area contributed by atoms with Gasteiger partial charge in [0.25, 0.3) is 0 Å². The predicted octanol–water partition coefficient (Wildman–Crippen LogP) is 3.75. The van der Waals surface area contributed by atoms with E-state index in [9.17, 15) is 9.90 Å². The van der Waals surface area contributed by atoms with Crippen molar-refractivity contribution in [3.63, 3.8) is 0 Å². The molecule has 0 fully saturated rings. The zero-order chi connectivity index (χ0) is 14.8. The SMILES string of the molecule is Cc1cccc(-c2nc(-c3ccccc3)c(C(=O)O)[nH]2)c1. The van der Waals surface area contributed by atoms with Crippen molar-refractivity contribution >= 4 is 5.97 Å². The number of aryl methyl sites for hydroxylation is 1. The van der Waals surface area contributed by atoms with Gasteiger partial charge in [-0.3, -0.25) is 0 Å². The second kappa shape index (κ2) is 5.25. The van der Waals surface area contributed by atoms with Crippen molar-refractivity contribution in [2.75, 3.05) is 0 Å². The Morgan fingerprint density at radius 3 is 2.43 bits per heavy atom. The van der Waals surface area contributed by atoms with Gasteiger partial charge in [0.05, 0.1) is 0 Å². The highest BCUT2D eigenvalue weighted by molar-refractivity contribution is 5.94. The Morgan fingerprint density at radius 2 is 1.76 bits per heavy atom. The summed E-state index contributed by atoms with van der Waals surface area (Å²) in [6, 6.07) is 17.1. The van der Waals surface area contributed by atoms with E-state index in [1.165, 1.54) is 0 Å². The maximum atomic E-state index is 11.4. The minimum atomic E-state index is -1.01. The molecule has 3 rings (SSSR count). The first kappa shape index (κ1) is 13.1. The number of H-pyrrole nitrogens is 1. The second-order valence-corrected chi connectivity index (χ2v) is 4.85. The molecule has 2 N–H and O–H groups in total. The Hall–Kier alpha value is -2.88. The number of carboxylic acid groups (broad SMARTS) is 1. The molecular formula is C17H14N2O2. The summed E-state index contributed by atoms with van der Waals surface area (Å²) in [6.45, 7) is 1.99. The number of hydrogen-bond donors (Lipinski definition) is 2. The van der Waals surface area contributed by atoms with Crippen molar-refractivity contribution < 1.29 is 9.90 Å². The summed E-state index contributed by atoms with van der Waals surface area (Å²) in [5.74, 6) is -0.449. The highest BCUT2D eigenvalue weighted by Crippen LogP contribution is 2.26. The molecule has 0 saturated carbocycles. The summed E-state index contributed by atoms with van der Waals surface area (Å²) in [5, 5.41) is 9.37. The Kier molecular flexibility index (Phi) is 3.28. The summed E-state index contributed by atoms with van der Waals surface area (Å²) in [5.41, 5.74) is 3.32. The average Bonchev–Trinajstić information content (AvgIpc) is 2.93. The van der Waals surface area contributed by atoms with Crippen LogP contribution in [0.4, 0.5) is 0 Å². The second-order valence-electron chi connectivity index (χ2n) is 4.85. The number of carbonyl (C=O) groups is 1. The van der Waals surface area contributed by atoms with E-state index in [2.05, 4.69) is 9.97 Å². The third-order valence-electron chi connectivity index (χ3n) is 3.26. The zero-order valence-corrected chi connectivity index (χ0v) is 11.5. The van der Waals surface area contributed by atoms with Crippen LogP contribution in [0, 0.1) is 6.92 Å². The highest BCUT2D eigenvalue weighted by Gasteiger charge is 2.18. The molecule has 0 spiro atoms. The van der Waals surface area contributed by atoms with Gasteiger partial charge in [0.2, 0.25) is 0 Å². The van der Waals surface area contributed by atoms with Crippen LogP contribution < -0.4 is 0 Å². The number of nitrogens with one attached hydrogen (secondary N) is 1. The summed E-state index contributed by atoms with van der Waals surface area (Å²) >= 11 is 0. The first-order valence-electron chi connectivity index (χ1n) is 6.61. The van der Waals surface area contributed by atoms with Crippen molar-refractivity contribution in [2.45, 2.75) is 6.92 Å². The van der Waals surface area contributed by atoms with Crippen LogP contribution in [0.25, 0.3) is 22.6 Å². The van der Waals surface area contributed by atoms with E-state index in [0.717, 1.165) is 16.7 Å². The molecule has 0 aliphatic heterocycles. The third-order valence-corrected chi connectivity index (χ3v) is 3.26. The van der Waals surface area contributed by atoms with Crippen LogP contribution in [-0.2, 0) is 0 Å². The standard InChI is InChI=1S/C17H14N2O2/c1-11-6-5-9-13(10-11)16-18-14(15(19-16)17(20)21)12-7-3-2-4-8-12/h2-10H,1H3,(H,18,19)(H,20,21). The van der Waals surface area contributed by atoms with Gasteiger partial charge < -0.3 is 10.1 Å². The molecule has 2 aromatic carbocycles. The predicted molar refractivity (Wildman–Crippen MR) is 81.2 cm³/mol. The fourth-order valence-corrected chi connectivity index (χ4v) is 2.26. The maximum Gasteiger partial charge on any atom is 0.354 e. The Bertz CT molecular complexity index is 792. The normalized spacial score (nSPS) is 10.5. The highest BCUT2D eigenvalue weighted by atomic mass is 16.4. The number of aromatic nitrogens is 2. The van der Waals surface area contributed by atoms with E-state index in [1.54, 1.807) is 0 Å². The molecule has 0 aliphatic rings. The lowest BCUT2D eigenvalue weighted by molar-refractivity contribution is 0.0692. The summed E-state index contributed by atoms with van der Waals surface area (Å²) in [4.78, 5) is 18.8. The monoisotopic (exact) mass is 278 g/mol. The molecule has 1 aromatic heterocycles. The quantitative estimate of drug-likeness (QED) is 0.766. The smallest absolute Gasteiger partial charge is 0.354 e. The minimum Gasteiger partial charge on any atom is -0.477 e. The van der Waals surface area contributed by atoms with E-state index >= 15 is 0 Å². The first-order valence-corrected chi connectivity index (χ1v) is 6.61. The summed E-state index contributed by atoms with van der Waals surface area (Å²) < 4.78 is 0. The first-order chi connectivity index (χ1) is 10.1. The van der Waals surface area contributed by atoms with Crippen molar-refractivity contribution in [1.82, 2.24) is 9.97 Å². The van der Waals surface area contributed by atoms with Crippen LogP contribution in [0.5, 0.6) is 0 Å². The van der Waals surface area contributed by atoms with E-state index < -0.39 is 5.97 Å². The zero-order valence-electron chi connectivity index (χ0n) is 11.5.